The second-order valence-electron chi connectivity index (χ2n) is 3.24. The zero-order valence-corrected chi connectivity index (χ0v) is 8.50. The van der Waals surface area contributed by atoms with Crippen LogP contribution in [0.3, 0.4) is 0 Å². The number of hydrogen-bond acceptors (Lipinski definition) is 2. The van der Waals surface area contributed by atoms with Gasteiger partial charge in [0.2, 0.25) is 0 Å². The summed E-state index contributed by atoms with van der Waals surface area (Å²) in [6.07, 6.45) is 1.06. The van der Waals surface area contributed by atoms with E-state index in [1.807, 2.05) is 19.2 Å². The molecular formula is C11H17NO. The van der Waals surface area contributed by atoms with Crippen LogP contribution < -0.4 is 10.1 Å². The van der Waals surface area contributed by atoms with E-state index in [-0.39, 0.29) is 0 Å². The van der Waals surface area contributed by atoms with Crippen LogP contribution >= 0.6 is 0 Å². The number of likely N-dealkylation sites (N-methyl/N-ethyl adjacent to an activating group) is 1. The molecule has 0 saturated carbocycles. The molecule has 13 heavy (non-hydrogen) atoms. The lowest BCUT2D eigenvalue weighted by Crippen LogP contribution is -2.23. The zero-order chi connectivity index (χ0) is 9.68. The van der Waals surface area contributed by atoms with E-state index in [4.69, 9.17) is 4.74 Å². The maximum absolute atomic E-state index is 5.08. The fraction of sp³-hybridized carbons (Fsp3) is 0.455. The summed E-state index contributed by atoms with van der Waals surface area (Å²) in [7, 11) is 3.67. The Bertz CT molecular complexity index is 243. The molecule has 0 bridgehead atoms. The highest BCUT2D eigenvalue weighted by atomic mass is 16.5. The SMILES string of the molecule is CN[C@H](C)Cc1ccc(OC)cc1. The minimum absolute atomic E-state index is 0.522. The smallest absolute Gasteiger partial charge is 0.118 e. The fourth-order valence-corrected chi connectivity index (χ4v) is 1.22. The van der Waals surface area contributed by atoms with Crippen LogP contribution in [0.15, 0.2) is 24.3 Å². The van der Waals surface area contributed by atoms with E-state index >= 15 is 0 Å². The van der Waals surface area contributed by atoms with E-state index in [0.717, 1.165) is 12.2 Å². The summed E-state index contributed by atoms with van der Waals surface area (Å²) in [5, 5.41) is 3.21. The maximum Gasteiger partial charge on any atom is 0.118 e. The molecule has 0 fully saturated rings. The molecule has 1 aromatic rings. The van der Waals surface area contributed by atoms with Gasteiger partial charge in [-0.3, -0.25) is 0 Å². The van der Waals surface area contributed by atoms with Crippen molar-refractivity contribution in [1.82, 2.24) is 5.32 Å². The Hall–Kier alpha value is -1.02. The molecule has 0 heterocycles. The van der Waals surface area contributed by atoms with Gasteiger partial charge in [-0.2, -0.15) is 0 Å². The molecule has 0 radical (unpaired) electrons. The molecule has 1 rings (SSSR count). The number of benzene rings is 1. The minimum atomic E-state index is 0.522. The van der Waals surface area contributed by atoms with Crippen molar-refractivity contribution >= 4 is 0 Å². The third-order valence-electron chi connectivity index (χ3n) is 2.19. The Balaban J connectivity index is 2.58. The molecule has 2 heteroatoms. The molecular weight excluding hydrogens is 162 g/mol. The predicted molar refractivity (Wildman–Crippen MR) is 55.2 cm³/mol. The van der Waals surface area contributed by atoms with Gasteiger partial charge >= 0.3 is 0 Å². The van der Waals surface area contributed by atoms with Crippen molar-refractivity contribution in [3.8, 4) is 5.75 Å². The molecule has 0 spiro atoms. The summed E-state index contributed by atoms with van der Waals surface area (Å²) in [6, 6.07) is 8.72. The molecule has 0 saturated heterocycles. The summed E-state index contributed by atoms with van der Waals surface area (Å²) in [5.41, 5.74) is 1.34. The predicted octanol–water partition coefficient (Wildman–Crippen LogP) is 1.85. The van der Waals surface area contributed by atoms with E-state index in [0.29, 0.717) is 6.04 Å². The van der Waals surface area contributed by atoms with Crippen molar-refractivity contribution in [1.29, 1.82) is 0 Å². The highest BCUT2D eigenvalue weighted by Crippen LogP contribution is 2.12. The van der Waals surface area contributed by atoms with Gasteiger partial charge in [0.1, 0.15) is 5.75 Å². The first-order valence-electron chi connectivity index (χ1n) is 4.56. The highest BCUT2D eigenvalue weighted by Gasteiger charge is 1.99. The highest BCUT2D eigenvalue weighted by molar-refractivity contribution is 5.27. The van der Waals surface area contributed by atoms with Crippen LogP contribution in [0.25, 0.3) is 0 Å². The molecule has 2 nitrogen and oxygen atoms in total. The van der Waals surface area contributed by atoms with Gasteiger partial charge in [-0.1, -0.05) is 12.1 Å². The van der Waals surface area contributed by atoms with Crippen molar-refractivity contribution in [2.24, 2.45) is 0 Å². The van der Waals surface area contributed by atoms with Crippen LogP contribution in [0.5, 0.6) is 5.75 Å². The first-order chi connectivity index (χ1) is 6.26. The van der Waals surface area contributed by atoms with E-state index < -0.39 is 0 Å². The van der Waals surface area contributed by atoms with Gasteiger partial charge in [-0.15, -0.1) is 0 Å². The largest absolute Gasteiger partial charge is 0.497 e. The van der Waals surface area contributed by atoms with Crippen LogP contribution in [0.1, 0.15) is 12.5 Å². The average molecular weight is 179 g/mol. The standard InChI is InChI=1S/C11H17NO/c1-9(12-2)8-10-4-6-11(13-3)7-5-10/h4-7,9,12H,8H2,1-3H3/t9-/m1/s1. The van der Waals surface area contributed by atoms with Gasteiger partial charge in [0.15, 0.2) is 0 Å². The van der Waals surface area contributed by atoms with Gasteiger partial charge in [0, 0.05) is 6.04 Å². The minimum Gasteiger partial charge on any atom is -0.497 e. The molecule has 0 aliphatic rings. The molecule has 1 aromatic carbocycles. The molecule has 0 unspecified atom stereocenters. The summed E-state index contributed by atoms with van der Waals surface area (Å²) in [6.45, 7) is 2.17. The van der Waals surface area contributed by atoms with Crippen LogP contribution in [0, 0.1) is 0 Å². The topological polar surface area (TPSA) is 21.3 Å². The first-order valence-corrected chi connectivity index (χ1v) is 4.56. The Morgan fingerprint density at radius 2 is 1.92 bits per heavy atom. The Labute approximate surface area is 79.9 Å². The van der Waals surface area contributed by atoms with Crippen molar-refractivity contribution in [3.63, 3.8) is 0 Å². The van der Waals surface area contributed by atoms with Crippen molar-refractivity contribution in [2.45, 2.75) is 19.4 Å². The number of rotatable bonds is 4. The monoisotopic (exact) mass is 179 g/mol. The first kappa shape index (κ1) is 10.1. The molecule has 0 aromatic heterocycles. The Morgan fingerprint density at radius 3 is 2.38 bits per heavy atom. The number of methoxy groups -OCH3 is 1. The Morgan fingerprint density at radius 1 is 1.31 bits per heavy atom. The molecule has 1 atom stereocenters. The van der Waals surface area contributed by atoms with Crippen LogP contribution in [0.4, 0.5) is 0 Å². The third kappa shape index (κ3) is 3.07. The molecule has 72 valence electrons. The van der Waals surface area contributed by atoms with Crippen LogP contribution in [-0.4, -0.2) is 20.2 Å². The molecule has 0 amide bonds. The molecule has 1 N–H and O–H groups in total. The summed E-state index contributed by atoms with van der Waals surface area (Å²) in [5.74, 6) is 0.917. The number of ether oxygens (including phenoxy) is 1. The zero-order valence-electron chi connectivity index (χ0n) is 8.50. The summed E-state index contributed by atoms with van der Waals surface area (Å²) >= 11 is 0. The molecule has 0 aliphatic carbocycles. The fourth-order valence-electron chi connectivity index (χ4n) is 1.22. The second kappa shape index (κ2) is 4.87. The number of hydrogen-bond donors (Lipinski definition) is 1. The van der Waals surface area contributed by atoms with Gasteiger partial charge in [0.25, 0.3) is 0 Å². The van der Waals surface area contributed by atoms with Crippen molar-refractivity contribution in [3.05, 3.63) is 29.8 Å². The van der Waals surface area contributed by atoms with Gasteiger partial charge < -0.3 is 10.1 Å². The summed E-state index contributed by atoms with van der Waals surface area (Å²) in [4.78, 5) is 0. The number of nitrogens with one attached hydrogen (secondary N) is 1. The van der Waals surface area contributed by atoms with E-state index in [9.17, 15) is 0 Å². The Kier molecular flexibility index (Phi) is 3.77. The van der Waals surface area contributed by atoms with Crippen LogP contribution in [-0.2, 0) is 6.42 Å². The lowest BCUT2D eigenvalue weighted by molar-refractivity contribution is 0.414. The third-order valence-corrected chi connectivity index (χ3v) is 2.19. The average Bonchev–Trinajstić information content (AvgIpc) is 2.19. The van der Waals surface area contributed by atoms with Crippen molar-refractivity contribution in [2.75, 3.05) is 14.2 Å². The van der Waals surface area contributed by atoms with Gasteiger partial charge in [0.05, 0.1) is 7.11 Å². The quantitative estimate of drug-likeness (QED) is 0.761. The van der Waals surface area contributed by atoms with Gasteiger partial charge in [-0.05, 0) is 38.1 Å². The van der Waals surface area contributed by atoms with E-state index in [1.165, 1.54) is 5.56 Å². The van der Waals surface area contributed by atoms with E-state index in [1.54, 1.807) is 7.11 Å². The van der Waals surface area contributed by atoms with Crippen LogP contribution in [0.2, 0.25) is 0 Å². The van der Waals surface area contributed by atoms with Gasteiger partial charge in [-0.25, -0.2) is 0 Å². The lowest BCUT2D eigenvalue weighted by atomic mass is 10.1. The second-order valence-corrected chi connectivity index (χ2v) is 3.24. The van der Waals surface area contributed by atoms with Crippen molar-refractivity contribution < 1.29 is 4.74 Å². The lowest BCUT2D eigenvalue weighted by Gasteiger charge is -2.09. The summed E-state index contributed by atoms with van der Waals surface area (Å²) < 4.78 is 5.08. The molecule has 0 aliphatic heterocycles. The van der Waals surface area contributed by atoms with E-state index in [2.05, 4.69) is 24.4 Å². The maximum atomic E-state index is 5.08. The normalized spacial score (nSPS) is 12.5.